The third-order valence-corrected chi connectivity index (χ3v) is 3.25. The molecule has 2 N–H and O–H groups in total. The molecule has 1 aliphatic heterocycles. The molecule has 3 rings (SSSR count). The van der Waals surface area contributed by atoms with Gasteiger partial charge in [-0.3, -0.25) is 4.79 Å². The fourth-order valence-corrected chi connectivity index (χ4v) is 2.29. The molecule has 5 heteroatoms. The van der Waals surface area contributed by atoms with Gasteiger partial charge in [0.1, 0.15) is 11.6 Å². The summed E-state index contributed by atoms with van der Waals surface area (Å²) >= 11 is 0. The van der Waals surface area contributed by atoms with Crippen LogP contribution in [-0.4, -0.2) is 17.1 Å². The second kappa shape index (κ2) is 4.85. The van der Waals surface area contributed by atoms with E-state index in [1.54, 1.807) is 7.11 Å². The zero-order chi connectivity index (χ0) is 13.2. The Morgan fingerprint density at radius 1 is 1.37 bits per heavy atom. The number of H-pyrrole nitrogens is 1. The maximum atomic E-state index is 11.9. The van der Waals surface area contributed by atoms with Crippen molar-refractivity contribution >= 4 is 0 Å². The van der Waals surface area contributed by atoms with Crippen molar-refractivity contribution in [3.05, 3.63) is 57.3 Å². The molecule has 98 valence electrons. The standard InChI is InChI=1S/C14H15N3O2/c1-19-10-4-2-3-9(5-10)6-13-16-12-8-15-7-11(12)14(18)17-13/h2-5,15H,6-8H2,1H3,(H,16,17,18). The zero-order valence-corrected chi connectivity index (χ0v) is 10.7. The van der Waals surface area contributed by atoms with Crippen LogP contribution in [0.2, 0.25) is 0 Å². The Morgan fingerprint density at radius 2 is 2.26 bits per heavy atom. The molecular weight excluding hydrogens is 242 g/mol. The van der Waals surface area contributed by atoms with E-state index in [4.69, 9.17) is 4.74 Å². The molecule has 19 heavy (non-hydrogen) atoms. The van der Waals surface area contributed by atoms with Crippen molar-refractivity contribution in [3.8, 4) is 5.75 Å². The van der Waals surface area contributed by atoms with Crippen LogP contribution in [0.1, 0.15) is 22.6 Å². The lowest BCUT2D eigenvalue weighted by molar-refractivity contribution is 0.414. The summed E-state index contributed by atoms with van der Waals surface area (Å²) in [6.07, 6.45) is 0.597. The highest BCUT2D eigenvalue weighted by Gasteiger charge is 2.16. The van der Waals surface area contributed by atoms with Gasteiger partial charge in [-0.1, -0.05) is 12.1 Å². The van der Waals surface area contributed by atoms with Gasteiger partial charge in [0.2, 0.25) is 0 Å². The summed E-state index contributed by atoms with van der Waals surface area (Å²) in [5.41, 5.74) is 2.65. The van der Waals surface area contributed by atoms with Crippen molar-refractivity contribution in [2.24, 2.45) is 0 Å². The number of hydrogen-bond donors (Lipinski definition) is 2. The molecule has 2 aromatic rings. The third-order valence-electron chi connectivity index (χ3n) is 3.25. The van der Waals surface area contributed by atoms with E-state index >= 15 is 0 Å². The minimum atomic E-state index is -0.0344. The van der Waals surface area contributed by atoms with Crippen LogP contribution in [0.3, 0.4) is 0 Å². The maximum absolute atomic E-state index is 11.9. The van der Waals surface area contributed by atoms with Crippen LogP contribution in [0, 0.1) is 0 Å². The zero-order valence-electron chi connectivity index (χ0n) is 10.7. The summed E-state index contributed by atoms with van der Waals surface area (Å²) in [6, 6.07) is 7.77. The molecule has 0 amide bonds. The van der Waals surface area contributed by atoms with E-state index < -0.39 is 0 Å². The Hall–Kier alpha value is -2.14. The first-order valence-electron chi connectivity index (χ1n) is 6.21. The summed E-state index contributed by atoms with van der Waals surface area (Å²) in [5, 5.41) is 3.14. The van der Waals surface area contributed by atoms with Gasteiger partial charge in [-0.05, 0) is 17.7 Å². The van der Waals surface area contributed by atoms with Gasteiger partial charge in [0.15, 0.2) is 0 Å². The highest BCUT2D eigenvalue weighted by Crippen LogP contribution is 2.15. The molecule has 0 radical (unpaired) electrons. The van der Waals surface area contributed by atoms with Gasteiger partial charge < -0.3 is 15.0 Å². The van der Waals surface area contributed by atoms with E-state index in [0.29, 0.717) is 25.3 Å². The van der Waals surface area contributed by atoms with Gasteiger partial charge >= 0.3 is 0 Å². The van der Waals surface area contributed by atoms with Gasteiger partial charge in [0.05, 0.1) is 18.4 Å². The first-order chi connectivity index (χ1) is 9.26. The molecule has 0 aliphatic carbocycles. The fraction of sp³-hybridized carbons (Fsp3) is 0.286. The first kappa shape index (κ1) is 11.9. The number of hydrogen-bond acceptors (Lipinski definition) is 4. The molecule has 1 aromatic carbocycles. The third kappa shape index (κ3) is 2.37. The molecule has 0 unspecified atom stereocenters. The molecule has 1 aromatic heterocycles. The first-order valence-corrected chi connectivity index (χ1v) is 6.21. The molecule has 0 saturated carbocycles. The molecule has 0 saturated heterocycles. The van der Waals surface area contributed by atoms with Gasteiger partial charge in [-0.25, -0.2) is 4.98 Å². The van der Waals surface area contributed by atoms with Gasteiger partial charge in [-0.2, -0.15) is 0 Å². The Bertz CT molecular complexity index is 664. The summed E-state index contributed by atoms with van der Waals surface area (Å²) in [6.45, 7) is 1.28. The lowest BCUT2D eigenvalue weighted by Crippen LogP contribution is -2.17. The number of nitrogens with zero attached hydrogens (tertiary/aromatic N) is 1. The second-order valence-electron chi connectivity index (χ2n) is 4.57. The van der Waals surface area contributed by atoms with E-state index in [0.717, 1.165) is 22.6 Å². The van der Waals surface area contributed by atoms with Crippen molar-refractivity contribution in [3.63, 3.8) is 0 Å². The monoisotopic (exact) mass is 257 g/mol. The average molecular weight is 257 g/mol. The molecule has 0 spiro atoms. The smallest absolute Gasteiger partial charge is 0.255 e. The molecule has 5 nitrogen and oxygen atoms in total. The van der Waals surface area contributed by atoms with E-state index in [1.807, 2.05) is 24.3 Å². The Labute approximate surface area is 110 Å². The van der Waals surface area contributed by atoms with Gasteiger partial charge in [-0.15, -0.1) is 0 Å². The molecule has 2 heterocycles. The quantitative estimate of drug-likeness (QED) is 0.860. The number of aromatic nitrogens is 2. The van der Waals surface area contributed by atoms with Crippen LogP contribution in [0.15, 0.2) is 29.1 Å². The number of methoxy groups -OCH3 is 1. The SMILES string of the molecule is COc1cccc(Cc2nc3c(c(=O)[nH]2)CNC3)c1. The number of ether oxygens (including phenoxy) is 1. The van der Waals surface area contributed by atoms with Crippen LogP contribution < -0.4 is 15.6 Å². The van der Waals surface area contributed by atoms with Crippen LogP contribution in [0.25, 0.3) is 0 Å². The van der Waals surface area contributed by atoms with E-state index in [2.05, 4.69) is 15.3 Å². The number of benzene rings is 1. The van der Waals surface area contributed by atoms with Crippen molar-refractivity contribution in [1.29, 1.82) is 0 Å². The molecule has 0 fully saturated rings. The second-order valence-corrected chi connectivity index (χ2v) is 4.57. The number of fused-ring (bicyclic) bond motifs is 1. The molecular formula is C14H15N3O2. The lowest BCUT2D eigenvalue weighted by Gasteiger charge is -2.05. The average Bonchev–Trinajstić information content (AvgIpc) is 2.88. The predicted octanol–water partition coefficient (Wildman–Crippen LogP) is 0.972. The van der Waals surface area contributed by atoms with Crippen molar-refractivity contribution < 1.29 is 4.74 Å². The van der Waals surface area contributed by atoms with Gasteiger partial charge in [0.25, 0.3) is 5.56 Å². The highest BCUT2D eigenvalue weighted by molar-refractivity contribution is 5.31. The van der Waals surface area contributed by atoms with Gasteiger partial charge in [0, 0.05) is 19.5 Å². The van der Waals surface area contributed by atoms with Crippen LogP contribution in [0.5, 0.6) is 5.75 Å². The van der Waals surface area contributed by atoms with E-state index in [1.165, 1.54) is 0 Å². The van der Waals surface area contributed by atoms with Crippen LogP contribution in [-0.2, 0) is 19.5 Å². The normalized spacial score (nSPS) is 13.3. The summed E-state index contributed by atoms with van der Waals surface area (Å²) in [5.74, 6) is 1.50. The van der Waals surface area contributed by atoms with Crippen molar-refractivity contribution in [2.75, 3.05) is 7.11 Å². The maximum Gasteiger partial charge on any atom is 0.255 e. The largest absolute Gasteiger partial charge is 0.497 e. The highest BCUT2D eigenvalue weighted by atomic mass is 16.5. The summed E-state index contributed by atoms with van der Waals surface area (Å²) in [7, 11) is 1.64. The van der Waals surface area contributed by atoms with Crippen LogP contribution in [0.4, 0.5) is 0 Å². The molecule has 0 atom stereocenters. The molecule has 1 aliphatic rings. The molecule has 0 bridgehead atoms. The number of nitrogens with one attached hydrogen (secondary N) is 2. The number of aromatic amines is 1. The van der Waals surface area contributed by atoms with E-state index in [9.17, 15) is 4.79 Å². The Morgan fingerprint density at radius 3 is 3.11 bits per heavy atom. The minimum Gasteiger partial charge on any atom is -0.497 e. The van der Waals surface area contributed by atoms with E-state index in [-0.39, 0.29) is 5.56 Å². The van der Waals surface area contributed by atoms with Crippen LogP contribution >= 0.6 is 0 Å². The Balaban J connectivity index is 1.91. The summed E-state index contributed by atoms with van der Waals surface area (Å²) in [4.78, 5) is 19.2. The number of rotatable bonds is 3. The summed E-state index contributed by atoms with van der Waals surface area (Å²) < 4.78 is 5.19. The van der Waals surface area contributed by atoms with Crippen molar-refractivity contribution in [1.82, 2.24) is 15.3 Å². The predicted molar refractivity (Wildman–Crippen MR) is 71.2 cm³/mol. The Kier molecular flexibility index (Phi) is 3.05. The fourth-order valence-electron chi connectivity index (χ4n) is 2.29. The lowest BCUT2D eigenvalue weighted by atomic mass is 10.1. The minimum absolute atomic E-state index is 0.0344. The topological polar surface area (TPSA) is 67.0 Å². The van der Waals surface area contributed by atoms with Crippen molar-refractivity contribution in [2.45, 2.75) is 19.5 Å².